The van der Waals surface area contributed by atoms with E-state index in [0.717, 1.165) is 49.4 Å². The van der Waals surface area contributed by atoms with Gasteiger partial charge in [0, 0.05) is 38.7 Å². The molecule has 106 valence electrons. The van der Waals surface area contributed by atoms with Crippen LogP contribution in [0.3, 0.4) is 0 Å². The molecule has 0 atom stereocenters. The summed E-state index contributed by atoms with van der Waals surface area (Å²) in [6.07, 6.45) is 4.70. The molecule has 1 aromatic rings. The third-order valence-electron chi connectivity index (χ3n) is 3.44. The normalized spacial score (nSPS) is 14.7. The van der Waals surface area contributed by atoms with Gasteiger partial charge in [0.1, 0.15) is 17.5 Å². The number of aryl methyl sites for hydroxylation is 1. The monoisotopic (exact) mass is 263 g/mol. The molecule has 1 aromatic heterocycles. The summed E-state index contributed by atoms with van der Waals surface area (Å²) < 4.78 is 0. The maximum atomic E-state index is 4.55. The number of anilines is 2. The van der Waals surface area contributed by atoms with Gasteiger partial charge in [0.05, 0.1) is 0 Å². The van der Waals surface area contributed by atoms with E-state index in [1.54, 1.807) is 0 Å². The number of hydrogen-bond donors (Lipinski definition) is 2. The number of nitrogens with one attached hydrogen (secondary N) is 2. The Balaban J connectivity index is 1.88. The van der Waals surface area contributed by atoms with Crippen LogP contribution in [0.5, 0.6) is 0 Å². The van der Waals surface area contributed by atoms with Crippen LogP contribution in [0.15, 0.2) is 6.07 Å². The Hall–Kier alpha value is -1.36. The standard InChI is InChI=1S/C14H25N5/c1-4-5-12-17-13(15-2)10-14(18-12)16-8-9-19(3)11-6-7-11/h10-11H,4-9H2,1-3H3,(H2,15,16,17,18). The van der Waals surface area contributed by atoms with Crippen molar-refractivity contribution in [3.8, 4) is 0 Å². The van der Waals surface area contributed by atoms with E-state index >= 15 is 0 Å². The molecule has 0 aliphatic heterocycles. The molecule has 0 bridgehead atoms. The summed E-state index contributed by atoms with van der Waals surface area (Å²) >= 11 is 0. The van der Waals surface area contributed by atoms with Crippen LogP contribution in [-0.2, 0) is 6.42 Å². The summed E-state index contributed by atoms with van der Waals surface area (Å²) in [5, 5.41) is 6.49. The molecule has 19 heavy (non-hydrogen) atoms. The first-order valence-electron chi connectivity index (χ1n) is 7.22. The maximum Gasteiger partial charge on any atom is 0.133 e. The van der Waals surface area contributed by atoms with E-state index in [4.69, 9.17) is 0 Å². The Kier molecular flexibility index (Phi) is 4.96. The van der Waals surface area contributed by atoms with Crippen LogP contribution in [0, 0.1) is 0 Å². The summed E-state index contributed by atoms with van der Waals surface area (Å²) in [4.78, 5) is 11.4. The fourth-order valence-corrected chi connectivity index (χ4v) is 2.11. The maximum absolute atomic E-state index is 4.55. The lowest BCUT2D eigenvalue weighted by molar-refractivity contribution is 0.337. The molecule has 1 aliphatic carbocycles. The average Bonchev–Trinajstić information content (AvgIpc) is 3.23. The van der Waals surface area contributed by atoms with Gasteiger partial charge in [0.15, 0.2) is 0 Å². The van der Waals surface area contributed by atoms with Crippen molar-refractivity contribution >= 4 is 11.6 Å². The Labute approximate surface area is 115 Å². The second kappa shape index (κ2) is 6.70. The van der Waals surface area contributed by atoms with Gasteiger partial charge in [-0.25, -0.2) is 9.97 Å². The van der Waals surface area contributed by atoms with Crippen molar-refractivity contribution in [3.63, 3.8) is 0 Å². The zero-order valence-electron chi connectivity index (χ0n) is 12.2. The van der Waals surface area contributed by atoms with E-state index in [-0.39, 0.29) is 0 Å². The molecule has 0 spiro atoms. The molecule has 2 N–H and O–H groups in total. The molecule has 0 unspecified atom stereocenters. The van der Waals surface area contributed by atoms with Gasteiger partial charge in [-0.1, -0.05) is 6.92 Å². The minimum absolute atomic E-state index is 0.815. The number of likely N-dealkylation sites (N-methyl/N-ethyl adjacent to an activating group) is 1. The highest BCUT2D eigenvalue weighted by atomic mass is 15.2. The van der Waals surface area contributed by atoms with Gasteiger partial charge in [-0.05, 0) is 26.3 Å². The van der Waals surface area contributed by atoms with Crippen molar-refractivity contribution in [1.82, 2.24) is 14.9 Å². The topological polar surface area (TPSA) is 53.1 Å². The zero-order chi connectivity index (χ0) is 13.7. The quantitative estimate of drug-likeness (QED) is 0.751. The Morgan fingerprint density at radius 3 is 2.68 bits per heavy atom. The lowest BCUT2D eigenvalue weighted by Crippen LogP contribution is -2.27. The molecule has 1 aliphatic rings. The van der Waals surface area contributed by atoms with Crippen molar-refractivity contribution in [2.75, 3.05) is 37.8 Å². The fourth-order valence-electron chi connectivity index (χ4n) is 2.11. The van der Waals surface area contributed by atoms with E-state index in [0.29, 0.717) is 0 Å². The minimum Gasteiger partial charge on any atom is -0.373 e. The second-order valence-electron chi connectivity index (χ2n) is 5.19. The van der Waals surface area contributed by atoms with Crippen LogP contribution < -0.4 is 10.6 Å². The molecule has 2 rings (SSSR count). The molecular formula is C14H25N5. The molecule has 0 radical (unpaired) electrons. The van der Waals surface area contributed by atoms with Crippen molar-refractivity contribution in [1.29, 1.82) is 0 Å². The third-order valence-corrected chi connectivity index (χ3v) is 3.44. The van der Waals surface area contributed by atoms with Crippen LogP contribution >= 0.6 is 0 Å². The first kappa shape index (κ1) is 14.1. The zero-order valence-corrected chi connectivity index (χ0v) is 12.2. The molecule has 1 fully saturated rings. The van der Waals surface area contributed by atoms with Gasteiger partial charge >= 0.3 is 0 Å². The lowest BCUT2D eigenvalue weighted by atomic mass is 10.3. The molecule has 1 heterocycles. The van der Waals surface area contributed by atoms with Crippen LogP contribution in [-0.4, -0.2) is 48.1 Å². The van der Waals surface area contributed by atoms with E-state index in [2.05, 4.69) is 39.5 Å². The number of nitrogens with zero attached hydrogens (tertiary/aromatic N) is 3. The molecular weight excluding hydrogens is 238 g/mol. The first-order chi connectivity index (χ1) is 9.22. The summed E-state index contributed by atoms with van der Waals surface area (Å²) in [6, 6.07) is 2.78. The second-order valence-corrected chi connectivity index (χ2v) is 5.19. The van der Waals surface area contributed by atoms with Gasteiger partial charge in [-0.15, -0.1) is 0 Å². The van der Waals surface area contributed by atoms with E-state index < -0.39 is 0 Å². The molecule has 5 nitrogen and oxygen atoms in total. The van der Waals surface area contributed by atoms with Crippen molar-refractivity contribution in [2.24, 2.45) is 0 Å². The summed E-state index contributed by atoms with van der Waals surface area (Å²) in [6.45, 7) is 4.14. The Bertz CT molecular complexity index is 403. The largest absolute Gasteiger partial charge is 0.373 e. The van der Waals surface area contributed by atoms with Crippen molar-refractivity contribution < 1.29 is 0 Å². The smallest absolute Gasteiger partial charge is 0.133 e. The molecule has 0 saturated heterocycles. The fraction of sp³-hybridized carbons (Fsp3) is 0.714. The molecule has 1 saturated carbocycles. The predicted octanol–water partition coefficient (Wildman–Crippen LogP) is 1.98. The molecule has 5 heteroatoms. The Morgan fingerprint density at radius 2 is 2.05 bits per heavy atom. The van der Waals surface area contributed by atoms with Crippen LogP contribution in [0.2, 0.25) is 0 Å². The van der Waals surface area contributed by atoms with Crippen LogP contribution in [0.25, 0.3) is 0 Å². The highest BCUT2D eigenvalue weighted by molar-refractivity contribution is 5.47. The van der Waals surface area contributed by atoms with Gasteiger partial charge in [-0.2, -0.15) is 0 Å². The first-order valence-corrected chi connectivity index (χ1v) is 7.22. The number of hydrogen-bond acceptors (Lipinski definition) is 5. The predicted molar refractivity (Wildman–Crippen MR) is 79.7 cm³/mol. The summed E-state index contributed by atoms with van der Waals surface area (Å²) in [5.41, 5.74) is 0. The highest BCUT2D eigenvalue weighted by Gasteiger charge is 2.25. The lowest BCUT2D eigenvalue weighted by Gasteiger charge is -2.16. The molecule has 0 aromatic carbocycles. The summed E-state index contributed by atoms with van der Waals surface area (Å²) in [5.74, 6) is 2.72. The van der Waals surface area contributed by atoms with E-state index in [1.165, 1.54) is 12.8 Å². The van der Waals surface area contributed by atoms with Crippen molar-refractivity contribution in [2.45, 2.75) is 38.6 Å². The highest BCUT2D eigenvalue weighted by Crippen LogP contribution is 2.24. The number of rotatable bonds is 8. The van der Waals surface area contributed by atoms with Gasteiger partial charge in [-0.3, -0.25) is 0 Å². The SMILES string of the molecule is CCCc1nc(NC)cc(NCCN(C)C2CC2)n1. The van der Waals surface area contributed by atoms with Gasteiger partial charge in [0.25, 0.3) is 0 Å². The van der Waals surface area contributed by atoms with Gasteiger partial charge < -0.3 is 15.5 Å². The van der Waals surface area contributed by atoms with Crippen LogP contribution in [0.4, 0.5) is 11.6 Å². The van der Waals surface area contributed by atoms with E-state index in [9.17, 15) is 0 Å². The van der Waals surface area contributed by atoms with Crippen LogP contribution in [0.1, 0.15) is 32.0 Å². The minimum atomic E-state index is 0.815. The Morgan fingerprint density at radius 1 is 1.32 bits per heavy atom. The average molecular weight is 263 g/mol. The van der Waals surface area contributed by atoms with E-state index in [1.807, 2.05) is 13.1 Å². The third kappa shape index (κ3) is 4.35. The number of aromatic nitrogens is 2. The van der Waals surface area contributed by atoms with Crippen molar-refractivity contribution in [3.05, 3.63) is 11.9 Å². The van der Waals surface area contributed by atoms with Gasteiger partial charge in [0.2, 0.25) is 0 Å². The molecule has 0 amide bonds. The summed E-state index contributed by atoms with van der Waals surface area (Å²) in [7, 11) is 4.09.